The maximum atomic E-state index is 12.7. The minimum Gasteiger partial charge on any atom is -0.399 e. The van der Waals surface area contributed by atoms with Crippen LogP contribution >= 0.6 is 0 Å². The van der Waals surface area contributed by atoms with E-state index in [0.717, 1.165) is 19.3 Å². The van der Waals surface area contributed by atoms with E-state index in [1.807, 2.05) is 13.8 Å². The van der Waals surface area contributed by atoms with E-state index in [9.17, 15) is 8.42 Å². The summed E-state index contributed by atoms with van der Waals surface area (Å²) in [4.78, 5) is 0.314. The van der Waals surface area contributed by atoms with Crippen LogP contribution in [0.1, 0.15) is 47.0 Å². The van der Waals surface area contributed by atoms with E-state index in [1.165, 1.54) is 0 Å². The third kappa shape index (κ3) is 5.00. The van der Waals surface area contributed by atoms with Gasteiger partial charge in [0.2, 0.25) is 10.0 Å². The number of nitrogen functional groups attached to an aromatic ring is 1. The van der Waals surface area contributed by atoms with E-state index in [1.54, 1.807) is 28.6 Å². The fourth-order valence-electron chi connectivity index (χ4n) is 2.46. The van der Waals surface area contributed by atoms with Gasteiger partial charge in [-0.2, -0.15) is 4.31 Å². The summed E-state index contributed by atoms with van der Waals surface area (Å²) in [5, 5.41) is 0. The normalized spacial score (nSPS) is 13.8. The lowest BCUT2D eigenvalue weighted by Gasteiger charge is -2.27. The molecule has 1 aromatic rings. The smallest absolute Gasteiger partial charge is 0.243 e. The summed E-state index contributed by atoms with van der Waals surface area (Å²) in [5.41, 5.74) is 6.20. The van der Waals surface area contributed by atoms with Crippen LogP contribution in [0, 0.1) is 5.92 Å². The molecule has 0 aliphatic carbocycles. The van der Waals surface area contributed by atoms with Gasteiger partial charge in [0.25, 0.3) is 0 Å². The second-order valence-corrected chi connectivity index (χ2v) is 7.84. The maximum absolute atomic E-state index is 12.7. The van der Waals surface area contributed by atoms with Crippen LogP contribution in [0.5, 0.6) is 0 Å². The van der Waals surface area contributed by atoms with Gasteiger partial charge in [-0.1, -0.05) is 33.6 Å². The molecule has 0 saturated carbocycles. The maximum Gasteiger partial charge on any atom is 0.243 e. The molecule has 120 valence electrons. The Morgan fingerprint density at radius 1 is 1.10 bits per heavy atom. The first-order valence-electron chi connectivity index (χ1n) is 7.66. The molecular weight excluding hydrogens is 284 g/mol. The van der Waals surface area contributed by atoms with E-state index in [2.05, 4.69) is 13.8 Å². The van der Waals surface area contributed by atoms with Gasteiger partial charge < -0.3 is 5.73 Å². The molecule has 1 aromatic carbocycles. The van der Waals surface area contributed by atoms with Crippen molar-refractivity contribution in [1.29, 1.82) is 0 Å². The highest BCUT2D eigenvalue weighted by atomic mass is 32.2. The minimum atomic E-state index is -3.44. The molecule has 21 heavy (non-hydrogen) atoms. The Morgan fingerprint density at radius 3 is 2.14 bits per heavy atom. The molecular formula is C16H28N2O2S. The predicted octanol–water partition coefficient (Wildman–Crippen LogP) is 3.49. The monoisotopic (exact) mass is 312 g/mol. The van der Waals surface area contributed by atoms with Crippen LogP contribution in [0.25, 0.3) is 0 Å². The van der Waals surface area contributed by atoms with Crippen molar-refractivity contribution in [3.05, 3.63) is 24.3 Å². The zero-order valence-electron chi connectivity index (χ0n) is 13.5. The number of anilines is 1. The Hall–Kier alpha value is -1.07. The summed E-state index contributed by atoms with van der Waals surface area (Å²) in [6.07, 6.45) is 3.07. The highest BCUT2D eigenvalue weighted by Crippen LogP contribution is 2.22. The Bertz CT molecular complexity index is 524. The zero-order chi connectivity index (χ0) is 16.0. The third-order valence-electron chi connectivity index (χ3n) is 3.69. The number of hydrogen-bond acceptors (Lipinski definition) is 3. The summed E-state index contributed by atoms with van der Waals surface area (Å²) >= 11 is 0. The molecule has 0 fully saturated rings. The van der Waals surface area contributed by atoms with Gasteiger partial charge in [0.1, 0.15) is 0 Å². The molecule has 2 N–H and O–H groups in total. The van der Waals surface area contributed by atoms with E-state index in [4.69, 9.17) is 5.73 Å². The van der Waals surface area contributed by atoms with Gasteiger partial charge in [-0.3, -0.25) is 0 Å². The highest BCUT2D eigenvalue weighted by Gasteiger charge is 2.27. The van der Waals surface area contributed by atoms with E-state index in [-0.39, 0.29) is 6.04 Å². The van der Waals surface area contributed by atoms with E-state index >= 15 is 0 Å². The molecule has 0 spiro atoms. The second-order valence-electron chi connectivity index (χ2n) is 5.95. The average molecular weight is 312 g/mol. The predicted molar refractivity (Wildman–Crippen MR) is 88.6 cm³/mol. The number of nitrogens with zero attached hydrogens (tertiary/aromatic N) is 1. The molecule has 1 rings (SSSR count). The van der Waals surface area contributed by atoms with Crippen LogP contribution in [0.15, 0.2) is 29.2 Å². The lowest BCUT2D eigenvalue weighted by Crippen LogP contribution is -2.38. The number of sulfonamides is 1. The number of benzene rings is 1. The molecule has 0 aliphatic heterocycles. The van der Waals surface area contributed by atoms with Crippen molar-refractivity contribution < 1.29 is 8.42 Å². The third-order valence-corrected chi connectivity index (χ3v) is 5.80. The van der Waals surface area contributed by atoms with Gasteiger partial charge in [0, 0.05) is 18.3 Å². The SMILES string of the molecule is CCN(C(C)CCCC(C)C)S(=O)(=O)c1ccc(N)cc1. The molecule has 0 heterocycles. The number of hydrogen-bond donors (Lipinski definition) is 1. The van der Waals surface area contributed by atoms with E-state index < -0.39 is 10.0 Å². The lowest BCUT2D eigenvalue weighted by atomic mass is 10.0. The van der Waals surface area contributed by atoms with Gasteiger partial charge in [-0.25, -0.2) is 8.42 Å². The Morgan fingerprint density at radius 2 is 1.67 bits per heavy atom. The van der Waals surface area contributed by atoms with Crippen molar-refractivity contribution in [2.24, 2.45) is 5.92 Å². The summed E-state index contributed by atoms with van der Waals surface area (Å²) in [6.45, 7) is 8.72. The molecule has 5 heteroatoms. The summed E-state index contributed by atoms with van der Waals surface area (Å²) in [6, 6.07) is 6.42. The second kappa shape index (κ2) is 7.80. The van der Waals surface area contributed by atoms with Gasteiger partial charge in [0.15, 0.2) is 0 Å². The standard InChI is InChI=1S/C16H28N2O2S/c1-5-18(14(4)8-6-7-13(2)3)21(19,20)16-11-9-15(17)10-12-16/h9-14H,5-8,17H2,1-4H3. The van der Waals surface area contributed by atoms with Crippen molar-refractivity contribution in [2.75, 3.05) is 12.3 Å². The molecule has 4 nitrogen and oxygen atoms in total. The van der Waals surface area contributed by atoms with Crippen molar-refractivity contribution in [1.82, 2.24) is 4.31 Å². The molecule has 1 unspecified atom stereocenters. The Balaban J connectivity index is 2.84. The topological polar surface area (TPSA) is 63.4 Å². The summed E-state index contributed by atoms with van der Waals surface area (Å²) in [5.74, 6) is 0.654. The molecule has 1 atom stereocenters. The minimum absolute atomic E-state index is 0.0105. The van der Waals surface area contributed by atoms with Gasteiger partial charge in [-0.15, -0.1) is 0 Å². The summed E-state index contributed by atoms with van der Waals surface area (Å²) in [7, 11) is -3.44. The highest BCUT2D eigenvalue weighted by molar-refractivity contribution is 7.89. The van der Waals surface area contributed by atoms with Crippen molar-refractivity contribution in [3.8, 4) is 0 Å². The van der Waals surface area contributed by atoms with Crippen LogP contribution in [0.2, 0.25) is 0 Å². The van der Waals surface area contributed by atoms with Crippen LogP contribution in [-0.2, 0) is 10.0 Å². The first kappa shape index (κ1) is 18.0. The van der Waals surface area contributed by atoms with Gasteiger partial charge in [-0.05, 0) is 43.5 Å². The molecule has 0 aliphatic rings. The first-order chi connectivity index (χ1) is 9.78. The molecule has 0 aromatic heterocycles. The lowest BCUT2D eigenvalue weighted by molar-refractivity contribution is 0.322. The fraction of sp³-hybridized carbons (Fsp3) is 0.625. The fourth-order valence-corrected chi connectivity index (χ4v) is 4.13. The molecule has 0 bridgehead atoms. The molecule has 0 amide bonds. The van der Waals surface area contributed by atoms with Crippen LogP contribution in [0.3, 0.4) is 0 Å². The zero-order valence-corrected chi connectivity index (χ0v) is 14.4. The Kier molecular flexibility index (Phi) is 6.68. The molecule has 0 saturated heterocycles. The summed E-state index contributed by atoms with van der Waals surface area (Å²) < 4.78 is 27.0. The van der Waals surface area contributed by atoms with Crippen LogP contribution in [0.4, 0.5) is 5.69 Å². The van der Waals surface area contributed by atoms with Gasteiger partial charge >= 0.3 is 0 Å². The van der Waals surface area contributed by atoms with Crippen LogP contribution in [-0.4, -0.2) is 25.3 Å². The van der Waals surface area contributed by atoms with Crippen LogP contribution < -0.4 is 5.73 Å². The number of rotatable bonds is 8. The largest absolute Gasteiger partial charge is 0.399 e. The Labute approximate surface area is 129 Å². The molecule has 0 radical (unpaired) electrons. The van der Waals surface area contributed by atoms with E-state index in [0.29, 0.717) is 23.0 Å². The number of nitrogens with two attached hydrogens (primary N) is 1. The van der Waals surface area contributed by atoms with Crippen molar-refractivity contribution in [2.45, 2.75) is 57.9 Å². The first-order valence-corrected chi connectivity index (χ1v) is 9.10. The average Bonchev–Trinajstić information content (AvgIpc) is 2.39. The van der Waals surface area contributed by atoms with Crippen molar-refractivity contribution in [3.63, 3.8) is 0 Å². The van der Waals surface area contributed by atoms with Crippen molar-refractivity contribution >= 4 is 15.7 Å². The quantitative estimate of drug-likeness (QED) is 0.747. The van der Waals surface area contributed by atoms with Gasteiger partial charge in [0.05, 0.1) is 4.90 Å².